The molecule has 3 atom stereocenters. The number of hydrogen-bond acceptors (Lipinski definition) is 5. The van der Waals surface area contributed by atoms with Crippen molar-refractivity contribution in [3.05, 3.63) is 59.5 Å². The molecule has 3 fully saturated rings. The van der Waals surface area contributed by atoms with Crippen LogP contribution in [0.15, 0.2) is 42.6 Å². The highest BCUT2D eigenvalue weighted by Gasteiger charge is 2.45. The Morgan fingerprint density at radius 3 is 2.68 bits per heavy atom. The zero-order chi connectivity index (χ0) is 25.8. The molecule has 1 aromatic carbocycles. The Morgan fingerprint density at radius 1 is 1.08 bits per heavy atom. The Labute approximate surface area is 217 Å². The highest BCUT2D eigenvalue weighted by Crippen LogP contribution is 2.46. The fourth-order valence-electron chi connectivity index (χ4n) is 6.93. The summed E-state index contributed by atoms with van der Waals surface area (Å²) in [7, 11) is 0. The third kappa shape index (κ3) is 4.26. The maximum atomic E-state index is 13.4. The van der Waals surface area contributed by atoms with E-state index in [1.165, 1.54) is 5.56 Å². The van der Waals surface area contributed by atoms with Gasteiger partial charge in [-0.2, -0.15) is 0 Å². The second-order valence-electron chi connectivity index (χ2n) is 11.8. The molecule has 2 aliphatic heterocycles. The van der Waals surface area contributed by atoms with E-state index in [-0.39, 0.29) is 28.5 Å². The summed E-state index contributed by atoms with van der Waals surface area (Å²) < 4.78 is 1.75. The summed E-state index contributed by atoms with van der Waals surface area (Å²) in [6.45, 7) is 7.47. The van der Waals surface area contributed by atoms with E-state index in [1.54, 1.807) is 4.52 Å². The molecule has 1 aliphatic carbocycles. The van der Waals surface area contributed by atoms with Gasteiger partial charge < -0.3 is 14.9 Å². The van der Waals surface area contributed by atoms with Crippen molar-refractivity contribution in [1.82, 2.24) is 19.5 Å². The lowest BCUT2D eigenvalue weighted by Gasteiger charge is -2.36. The fourth-order valence-corrected chi connectivity index (χ4v) is 6.93. The third-order valence-corrected chi connectivity index (χ3v) is 9.12. The molecule has 37 heavy (non-hydrogen) atoms. The van der Waals surface area contributed by atoms with Crippen molar-refractivity contribution in [2.24, 2.45) is 11.3 Å². The van der Waals surface area contributed by atoms with Crippen LogP contribution in [0.5, 0.6) is 0 Å². The lowest BCUT2D eigenvalue weighted by Crippen LogP contribution is -2.37. The van der Waals surface area contributed by atoms with E-state index in [4.69, 9.17) is 0 Å². The van der Waals surface area contributed by atoms with Gasteiger partial charge in [0.25, 0.3) is 5.91 Å². The number of carboxylic acids is 1. The van der Waals surface area contributed by atoms with Gasteiger partial charge in [0.05, 0.1) is 17.8 Å². The number of aryl methyl sites for hydroxylation is 1. The first-order chi connectivity index (χ1) is 17.8. The number of carboxylic acid groups (broad SMARTS) is 1. The zero-order valence-corrected chi connectivity index (χ0v) is 21.7. The van der Waals surface area contributed by atoms with Gasteiger partial charge in [0.1, 0.15) is 0 Å². The number of benzene rings is 1. The monoisotopic (exact) mass is 501 g/mol. The molecule has 2 aromatic heterocycles. The van der Waals surface area contributed by atoms with Crippen molar-refractivity contribution in [3.8, 4) is 0 Å². The molecule has 1 saturated carbocycles. The van der Waals surface area contributed by atoms with Gasteiger partial charge in [-0.05, 0) is 61.6 Å². The summed E-state index contributed by atoms with van der Waals surface area (Å²) in [5.41, 5.74) is 4.16. The van der Waals surface area contributed by atoms with Gasteiger partial charge in [-0.15, -0.1) is 5.10 Å². The van der Waals surface area contributed by atoms with Gasteiger partial charge in [-0.25, -0.2) is 9.50 Å². The van der Waals surface area contributed by atoms with Crippen LogP contribution in [0.1, 0.15) is 67.2 Å². The number of rotatable bonds is 4. The lowest BCUT2D eigenvalue weighted by atomic mass is 9.69. The van der Waals surface area contributed by atoms with Crippen LogP contribution in [0.3, 0.4) is 0 Å². The van der Waals surface area contributed by atoms with Gasteiger partial charge in [0.15, 0.2) is 5.65 Å². The maximum Gasteiger partial charge on any atom is 0.306 e. The van der Waals surface area contributed by atoms with Crippen molar-refractivity contribution < 1.29 is 14.7 Å². The lowest BCUT2D eigenvalue weighted by molar-refractivity contribution is -0.144. The number of likely N-dealkylation sites (tertiary alicyclic amines) is 1. The van der Waals surface area contributed by atoms with Crippen LogP contribution in [0.25, 0.3) is 5.65 Å². The highest BCUT2D eigenvalue weighted by molar-refractivity contribution is 5.91. The highest BCUT2D eigenvalue weighted by atomic mass is 16.4. The minimum absolute atomic E-state index is 0.0830. The molecule has 6 rings (SSSR count). The molecule has 1 N–H and O–H groups in total. The summed E-state index contributed by atoms with van der Waals surface area (Å²) in [4.78, 5) is 33.9. The molecule has 3 aliphatic rings. The van der Waals surface area contributed by atoms with Crippen LogP contribution < -0.4 is 4.90 Å². The zero-order valence-electron chi connectivity index (χ0n) is 21.7. The number of hydrogen-bond donors (Lipinski definition) is 1. The van der Waals surface area contributed by atoms with Crippen LogP contribution in [0.2, 0.25) is 0 Å². The molecular formula is C29H35N5O3. The Hall–Kier alpha value is -3.42. The topological polar surface area (TPSA) is 91.0 Å². The second-order valence-corrected chi connectivity index (χ2v) is 11.8. The van der Waals surface area contributed by atoms with Gasteiger partial charge >= 0.3 is 5.97 Å². The largest absolute Gasteiger partial charge is 0.481 e. The normalized spacial score (nSPS) is 27.9. The Balaban J connectivity index is 1.20. The van der Waals surface area contributed by atoms with Gasteiger partial charge in [0, 0.05) is 31.6 Å². The van der Waals surface area contributed by atoms with E-state index in [0.717, 1.165) is 56.4 Å². The summed E-state index contributed by atoms with van der Waals surface area (Å²) in [6.07, 6.45) is 7.22. The van der Waals surface area contributed by atoms with E-state index >= 15 is 0 Å². The average molecular weight is 502 g/mol. The number of nitrogens with zero attached hydrogens (tertiary/aromatic N) is 5. The van der Waals surface area contributed by atoms with Crippen LogP contribution in [-0.2, 0) is 10.2 Å². The number of amides is 1. The number of aliphatic carboxylic acids is 1. The van der Waals surface area contributed by atoms with Crippen molar-refractivity contribution in [2.75, 3.05) is 31.1 Å². The smallest absolute Gasteiger partial charge is 0.306 e. The van der Waals surface area contributed by atoms with Gasteiger partial charge in [-0.3, -0.25) is 9.59 Å². The van der Waals surface area contributed by atoms with Crippen molar-refractivity contribution in [2.45, 2.75) is 57.8 Å². The quantitative estimate of drug-likeness (QED) is 0.573. The predicted molar refractivity (Wildman–Crippen MR) is 141 cm³/mol. The van der Waals surface area contributed by atoms with Gasteiger partial charge in [-0.1, -0.05) is 43.7 Å². The first-order valence-corrected chi connectivity index (χ1v) is 13.4. The molecular weight excluding hydrogens is 466 g/mol. The maximum absolute atomic E-state index is 13.4. The number of aromatic nitrogens is 3. The van der Waals surface area contributed by atoms with Crippen LogP contribution >= 0.6 is 0 Å². The minimum atomic E-state index is -0.709. The van der Waals surface area contributed by atoms with Crippen molar-refractivity contribution in [1.29, 1.82) is 0 Å². The van der Waals surface area contributed by atoms with Crippen molar-refractivity contribution in [3.63, 3.8) is 0 Å². The van der Waals surface area contributed by atoms with Crippen molar-refractivity contribution >= 4 is 23.2 Å². The molecule has 1 amide bonds. The predicted octanol–water partition coefficient (Wildman–Crippen LogP) is 4.31. The molecule has 8 heteroatoms. The summed E-state index contributed by atoms with van der Waals surface area (Å²) in [5, 5.41) is 14.1. The fraction of sp³-hybridized carbons (Fsp3) is 0.517. The SMILES string of the molecule is Cc1cc(N2CC[C@](C)(c3ccccc3)C2)cn2nc(C(=O)N3CCC4(CCCC(C(=O)O)C4)C3)nc12. The first-order valence-electron chi connectivity index (χ1n) is 13.4. The van der Waals surface area contributed by atoms with Gasteiger partial charge in [0.2, 0.25) is 5.82 Å². The molecule has 0 radical (unpaired) electrons. The first kappa shape index (κ1) is 23.9. The second kappa shape index (κ2) is 8.85. The minimum Gasteiger partial charge on any atom is -0.481 e. The molecule has 1 spiro atoms. The van der Waals surface area contributed by atoms with E-state index in [2.05, 4.69) is 58.3 Å². The number of pyridine rings is 1. The third-order valence-electron chi connectivity index (χ3n) is 9.12. The average Bonchev–Trinajstić information content (AvgIpc) is 3.62. The summed E-state index contributed by atoms with van der Waals surface area (Å²) >= 11 is 0. The van der Waals surface area contributed by atoms with E-state index in [9.17, 15) is 14.7 Å². The molecule has 194 valence electrons. The number of anilines is 1. The van der Waals surface area contributed by atoms with E-state index < -0.39 is 5.97 Å². The molecule has 4 heterocycles. The molecule has 3 aromatic rings. The molecule has 8 nitrogen and oxygen atoms in total. The molecule has 2 unspecified atom stereocenters. The van der Waals surface area contributed by atoms with Crippen LogP contribution in [0.4, 0.5) is 5.69 Å². The van der Waals surface area contributed by atoms with Crippen LogP contribution in [0, 0.1) is 18.3 Å². The molecule has 2 saturated heterocycles. The molecule has 0 bridgehead atoms. The number of fused-ring (bicyclic) bond motifs is 1. The van der Waals surface area contributed by atoms with Crippen LogP contribution in [-0.4, -0.2) is 62.7 Å². The van der Waals surface area contributed by atoms with E-state index in [1.807, 2.05) is 18.0 Å². The Bertz CT molecular complexity index is 1350. The van der Waals surface area contributed by atoms with E-state index in [0.29, 0.717) is 25.2 Å². The number of carbonyl (C=O) groups is 2. The number of carbonyl (C=O) groups excluding carboxylic acids is 1. The Morgan fingerprint density at radius 2 is 1.89 bits per heavy atom. The summed E-state index contributed by atoms with van der Waals surface area (Å²) in [5.74, 6) is -0.943. The summed E-state index contributed by atoms with van der Waals surface area (Å²) in [6, 6.07) is 12.8. The Kier molecular flexibility index (Phi) is 5.73. The standard InChI is InChI=1S/C29H35N5O3/c1-20-15-23(32-13-11-28(2,18-32)22-8-4-3-5-9-22)17-34-25(20)30-24(31-34)26(35)33-14-12-29(19-33)10-6-7-21(16-29)27(36)37/h3-5,8-9,15,17,21H,6-7,10-14,16,18-19H2,1-2H3,(H,36,37)/t21?,28-,29?/m0/s1.